The first-order valence-corrected chi connectivity index (χ1v) is 15.1. The van der Waals surface area contributed by atoms with Crippen LogP contribution < -0.4 is 14.8 Å². The van der Waals surface area contributed by atoms with Crippen molar-refractivity contribution in [2.75, 3.05) is 14.8 Å². The van der Waals surface area contributed by atoms with Crippen LogP contribution in [-0.4, -0.2) is 22.7 Å². The maximum Gasteiger partial charge on any atom is 0.263 e. The van der Waals surface area contributed by atoms with Gasteiger partial charge in [-0.1, -0.05) is 35.9 Å². The van der Waals surface area contributed by atoms with Crippen molar-refractivity contribution in [2.45, 2.75) is 30.6 Å². The van der Waals surface area contributed by atoms with Crippen molar-refractivity contribution < 1.29 is 21.6 Å². The molecule has 4 aromatic carbocycles. The molecule has 202 valence electrons. The Balaban J connectivity index is 1.51. The Morgan fingerprint density at radius 1 is 0.718 bits per heavy atom. The van der Waals surface area contributed by atoms with Gasteiger partial charge in [0.2, 0.25) is 0 Å². The number of carbonyl (C=O) groups excluding carboxylic acids is 1. The summed E-state index contributed by atoms with van der Waals surface area (Å²) in [5.41, 5.74) is 3.82. The molecule has 3 N–H and O–H groups in total. The third-order valence-electron chi connectivity index (χ3n) is 6.02. The van der Waals surface area contributed by atoms with E-state index < -0.39 is 26.0 Å². The van der Waals surface area contributed by atoms with Gasteiger partial charge >= 0.3 is 0 Å². The lowest BCUT2D eigenvalue weighted by atomic mass is 10.1. The second-order valence-electron chi connectivity index (χ2n) is 8.95. The van der Waals surface area contributed by atoms with E-state index in [1.54, 1.807) is 37.3 Å². The Labute approximate surface area is 233 Å². The second kappa shape index (κ2) is 11.1. The molecule has 0 aromatic heterocycles. The van der Waals surface area contributed by atoms with E-state index in [0.717, 1.165) is 16.7 Å². The third kappa shape index (κ3) is 6.59. The number of carbonyl (C=O) groups is 1. The van der Waals surface area contributed by atoms with Gasteiger partial charge in [0.25, 0.3) is 26.0 Å². The molecule has 4 aromatic rings. The summed E-state index contributed by atoms with van der Waals surface area (Å²) in [7, 11) is -7.94. The Kier molecular flexibility index (Phi) is 8.01. The SMILES string of the molecule is Cc1cccc(NS(=O)(=O)c2ccc(NC(=O)c3ccc(Cl)c(S(=O)(=O)Nc4cccc(C)c4C)c3)cc2)c1. The standard InChI is InChI=1S/C28H26ClN3O5S2/c1-18-6-4-8-23(16-18)31-38(34,35)24-13-11-22(12-14-24)30-28(33)21-10-15-25(29)27(17-21)39(36,37)32-26-9-5-7-19(2)20(26)3/h4-17,31-32H,1-3H3,(H,30,33). The Morgan fingerprint density at radius 3 is 2.10 bits per heavy atom. The number of sulfonamides is 2. The molecular formula is C28H26ClN3O5S2. The third-order valence-corrected chi connectivity index (χ3v) is 9.27. The highest BCUT2D eigenvalue weighted by Gasteiger charge is 2.22. The van der Waals surface area contributed by atoms with E-state index in [1.807, 2.05) is 26.0 Å². The fourth-order valence-corrected chi connectivity index (χ4v) is 6.45. The zero-order valence-corrected chi connectivity index (χ0v) is 23.7. The normalized spacial score (nSPS) is 11.6. The predicted octanol–water partition coefficient (Wildman–Crippen LogP) is 6.12. The molecule has 0 radical (unpaired) electrons. The van der Waals surface area contributed by atoms with Gasteiger partial charge in [0.15, 0.2) is 0 Å². The van der Waals surface area contributed by atoms with E-state index >= 15 is 0 Å². The van der Waals surface area contributed by atoms with Gasteiger partial charge in [-0.3, -0.25) is 14.2 Å². The molecule has 0 saturated heterocycles. The Hall–Kier alpha value is -3.86. The van der Waals surface area contributed by atoms with Crippen molar-refractivity contribution in [3.05, 3.63) is 112 Å². The van der Waals surface area contributed by atoms with Crippen LogP contribution in [0.2, 0.25) is 5.02 Å². The Bertz CT molecular complexity index is 1770. The van der Waals surface area contributed by atoms with Crippen molar-refractivity contribution in [3.8, 4) is 0 Å². The maximum absolute atomic E-state index is 13.1. The average molecular weight is 584 g/mol. The predicted molar refractivity (Wildman–Crippen MR) is 155 cm³/mol. The van der Waals surface area contributed by atoms with Gasteiger partial charge in [-0.05, 0) is 98.1 Å². The molecule has 0 saturated carbocycles. The molecule has 0 aliphatic carbocycles. The molecule has 0 aliphatic rings. The van der Waals surface area contributed by atoms with Gasteiger partial charge in [0.1, 0.15) is 4.90 Å². The van der Waals surface area contributed by atoms with Crippen LogP contribution in [0.5, 0.6) is 0 Å². The maximum atomic E-state index is 13.1. The number of halogens is 1. The second-order valence-corrected chi connectivity index (χ2v) is 12.7. The number of hydrogen-bond acceptors (Lipinski definition) is 5. The quantitative estimate of drug-likeness (QED) is 0.231. The monoisotopic (exact) mass is 583 g/mol. The Morgan fingerprint density at radius 2 is 1.41 bits per heavy atom. The number of nitrogens with one attached hydrogen (secondary N) is 3. The minimum absolute atomic E-state index is 0.0133. The van der Waals surface area contributed by atoms with Gasteiger partial charge < -0.3 is 5.32 Å². The molecule has 11 heteroatoms. The number of anilines is 3. The van der Waals surface area contributed by atoms with Crippen LogP contribution in [0.1, 0.15) is 27.0 Å². The summed E-state index contributed by atoms with van der Waals surface area (Å²) in [6.45, 7) is 5.53. The first-order valence-electron chi connectivity index (χ1n) is 11.8. The summed E-state index contributed by atoms with van der Waals surface area (Å²) in [5.74, 6) is -0.594. The number of amides is 1. The molecule has 0 fully saturated rings. The van der Waals surface area contributed by atoms with E-state index in [4.69, 9.17) is 11.6 Å². The van der Waals surface area contributed by atoms with Crippen molar-refractivity contribution in [3.63, 3.8) is 0 Å². The van der Waals surface area contributed by atoms with Gasteiger partial charge in [0.05, 0.1) is 15.6 Å². The van der Waals surface area contributed by atoms with Crippen LogP contribution in [-0.2, 0) is 20.0 Å². The fraction of sp³-hybridized carbons (Fsp3) is 0.107. The summed E-state index contributed by atoms with van der Waals surface area (Å²) in [6, 6.07) is 21.8. The van der Waals surface area contributed by atoms with Crippen molar-refractivity contribution in [1.82, 2.24) is 0 Å². The number of hydrogen-bond donors (Lipinski definition) is 3. The highest BCUT2D eigenvalue weighted by Crippen LogP contribution is 2.28. The lowest BCUT2D eigenvalue weighted by Crippen LogP contribution is -2.17. The minimum Gasteiger partial charge on any atom is -0.322 e. The molecule has 0 heterocycles. The topological polar surface area (TPSA) is 121 Å². The van der Waals surface area contributed by atoms with Gasteiger partial charge in [-0.15, -0.1) is 0 Å². The molecule has 4 rings (SSSR count). The molecule has 0 atom stereocenters. The molecule has 1 amide bonds. The first kappa shape index (κ1) is 28.2. The highest BCUT2D eigenvalue weighted by atomic mass is 35.5. The van der Waals surface area contributed by atoms with Gasteiger partial charge in [0, 0.05) is 16.9 Å². The molecule has 0 bridgehead atoms. The summed E-state index contributed by atoms with van der Waals surface area (Å²) in [5, 5.41) is 2.60. The van der Waals surface area contributed by atoms with Crippen LogP contribution in [0, 0.1) is 20.8 Å². The lowest BCUT2D eigenvalue weighted by Gasteiger charge is -2.14. The van der Waals surface area contributed by atoms with E-state index in [2.05, 4.69) is 14.8 Å². The van der Waals surface area contributed by atoms with Crippen molar-refractivity contribution in [1.29, 1.82) is 0 Å². The fourth-order valence-electron chi connectivity index (χ4n) is 3.76. The van der Waals surface area contributed by atoms with Crippen LogP contribution in [0.15, 0.2) is 94.7 Å². The van der Waals surface area contributed by atoms with E-state index in [-0.39, 0.29) is 20.4 Å². The van der Waals surface area contributed by atoms with Crippen molar-refractivity contribution in [2.24, 2.45) is 0 Å². The van der Waals surface area contributed by atoms with Crippen LogP contribution in [0.3, 0.4) is 0 Å². The number of benzene rings is 4. The van der Waals surface area contributed by atoms with E-state index in [9.17, 15) is 21.6 Å². The lowest BCUT2D eigenvalue weighted by molar-refractivity contribution is 0.102. The minimum atomic E-state index is -4.10. The van der Waals surface area contributed by atoms with Crippen LogP contribution >= 0.6 is 11.6 Å². The van der Waals surface area contributed by atoms with Crippen LogP contribution in [0.25, 0.3) is 0 Å². The van der Waals surface area contributed by atoms with Gasteiger partial charge in [-0.25, -0.2) is 16.8 Å². The average Bonchev–Trinajstić information content (AvgIpc) is 2.87. The molecule has 8 nitrogen and oxygen atoms in total. The molecule has 0 aliphatic heterocycles. The number of aryl methyl sites for hydroxylation is 2. The van der Waals surface area contributed by atoms with E-state index in [0.29, 0.717) is 17.1 Å². The van der Waals surface area contributed by atoms with Crippen molar-refractivity contribution >= 4 is 54.6 Å². The molecule has 0 unspecified atom stereocenters. The summed E-state index contributed by atoms with van der Waals surface area (Å²) < 4.78 is 56.7. The molecular weight excluding hydrogens is 558 g/mol. The largest absolute Gasteiger partial charge is 0.322 e. The van der Waals surface area contributed by atoms with E-state index in [1.165, 1.54) is 42.5 Å². The summed E-state index contributed by atoms with van der Waals surface area (Å²) >= 11 is 6.20. The van der Waals surface area contributed by atoms with Gasteiger partial charge in [-0.2, -0.15) is 0 Å². The molecule has 39 heavy (non-hydrogen) atoms. The molecule has 0 spiro atoms. The summed E-state index contributed by atoms with van der Waals surface area (Å²) in [6.07, 6.45) is 0. The first-order chi connectivity index (χ1) is 18.4. The van der Waals surface area contributed by atoms with Crippen LogP contribution in [0.4, 0.5) is 17.1 Å². The smallest absolute Gasteiger partial charge is 0.263 e. The summed E-state index contributed by atoms with van der Waals surface area (Å²) in [4.78, 5) is 12.7. The zero-order valence-electron chi connectivity index (χ0n) is 21.3. The zero-order chi connectivity index (χ0) is 28.4. The number of rotatable bonds is 8. The highest BCUT2D eigenvalue weighted by molar-refractivity contribution is 7.93.